The first-order chi connectivity index (χ1) is 16.5. The van der Waals surface area contributed by atoms with Gasteiger partial charge in [0.25, 0.3) is 5.91 Å². The van der Waals surface area contributed by atoms with Gasteiger partial charge in [-0.15, -0.1) is 0 Å². The van der Waals surface area contributed by atoms with Gasteiger partial charge in [-0.25, -0.2) is 0 Å². The van der Waals surface area contributed by atoms with Crippen LogP contribution in [0.2, 0.25) is 0 Å². The molecule has 0 saturated carbocycles. The van der Waals surface area contributed by atoms with Crippen LogP contribution in [0.4, 0.5) is 0 Å². The predicted octanol–water partition coefficient (Wildman–Crippen LogP) is 2.91. The largest absolute Gasteiger partial charge is 0.363 e. The molecule has 8 heteroatoms. The van der Waals surface area contributed by atoms with Gasteiger partial charge in [0.1, 0.15) is 6.61 Å². The third-order valence-electron chi connectivity index (χ3n) is 6.74. The molecular weight excluding hydrogens is 430 g/mol. The number of benzene rings is 1. The van der Waals surface area contributed by atoms with Crippen LogP contribution in [0.3, 0.4) is 0 Å². The first-order valence-corrected chi connectivity index (χ1v) is 11.7. The number of rotatable bonds is 4. The summed E-state index contributed by atoms with van der Waals surface area (Å²) in [6.07, 6.45) is 7.67. The summed E-state index contributed by atoms with van der Waals surface area (Å²) < 4.78 is 7.85. The number of amides is 2. The minimum atomic E-state index is -0.406. The van der Waals surface area contributed by atoms with Crippen molar-refractivity contribution in [3.63, 3.8) is 0 Å². The van der Waals surface area contributed by atoms with Crippen molar-refractivity contribution in [3.8, 4) is 11.3 Å². The van der Waals surface area contributed by atoms with Gasteiger partial charge in [-0.05, 0) is 37.0 Å². The fourth-order valence-electron chi connectivity index (χ4n) is 4.87. The van der Waals surface area contributed by atoms with Gasteiger partial charge < -0.3 is 14.5 Å². The van der Waals surface area contributed by atoms with Gasteiger partial charge in [0.2, 0.25) is 5.91 Å². The van der Waals surface area contributed by atoms with Gasteiger partial charge in [0.05, 0.1) is 24.0 Å². The van der Waals surface area contributed by atoms with Crippen LogP contribution in [0, 0.1) is 0 Å². The molecule has 34 heavy (non-hydrogen) atoms. The minimum Gasteiger partial charge on any atom is -0.363 e. The lowest BCUT2D eigenvalue weighted by atomic mass is 9.92. The second-order valence-corrected chi connectivity index (χ2v) is 9.19. The molecule has 0 bridgehead atoms. The van der Waals surface area contributed by atoms with E-state index in [9.17, 15) is 9.59 Å². The smallest absolute Gasteiger partial charge is 0.253 e. The topological polar surface area (TPSA) is 80.6 Å². The summed E-state index contributed by atoms with van der Waals surface area (Å²) in [5, 5.41) is 4.20. The van der Waals surface area contributed by atoms with E-state index >= 15 is 0 Å². The van der Waals surface area contributed by atoms with Crippen LogP contribution in [-0.4, -0.2) is 68.2 Å². The predicted molar refractivity (Wildman–Crippen MR) is 127 cm³/mol. The maximum atomic E-state index is 13.3. The number of morpholine rings is 1. The number of ether oxygens (including phenoxy) is 1. The molecule has 1 aromatic carbocycles. The Morgan fingerprint density at radius 2 is 2.00 bits per heavy atom. The highest BCUT2D eigenvalue weighted by molar-refractivity contribution is 5.95. The number of likely N-dealkylation sites (tertiary alicyclic amines) is 1. The van der Waals surface area contributed by atoms with Crippen LogP contribution in [0.5, 0.6) is 0 Å². The van der Waals surface area contributed by atoms with Crippen LogP contribution < -0.4 is 0 Å². The summed E-state index contributed by atoms with van der Waals surface area (Å²) in [5.74, 6) is 0.0176. The summed E-state index contributed by atoms with van der Waals surface area (Å²) in [4.78, 5) is 34.1. The zero-order valence-electron chi connectivity index (χ0n) is 19.4. The Morgan fingerprint density at radius 3 is 2.79 bits per heavy atom. The zero-order chi connectivity index (χ0) is 23.5. The summed E-state index contributed by atoms with van der Waals surface area (Å²) in [6.45, 7) is 2.50. The van der Waals surface area contributed by atoms with Crippen molar-refractivity contribution in [2.75, 3.05) is 26.2 Å². The average molecular weight is 460 g/mol. The molecule has 8 nitrogen and oxygen atoms in total. The highest BCUT2D eigenvalue weighted by atomic mass is 16.5. The molecule has 0 radical (unpaired) electrons. The Morgan fingerprint density at radius 1 is 1.15 bits per heavy atom. The van der Waals surface area contributed by atoms with Gasteiger partial charge >= 0.3 is 0 Å². The summed E-state index contributed by atoms with van der Waals surface area (Å²) >= 11 is 0. The molecule has 2 fully saturated rings. The summed E-state index contributed by atoms with van der Waals surface area (Å²) in [7, 11) is 1.85. The van der Waals surface area contributed by atoms with Gasteiger partial charge in [0, 0.05) is 50.2 Å². The fourth-order valence-corrected chi connectivity index (χ4v) is 4.87. The van der Waals surface area contributed by atoms with Crippen molar-refractivity contribution in [2.45, 2.75) is 31.4 Å². The minimum absolute atomic E-state index is 0.00221. The maximum absolute atomic E-state index is 13.3. The van der Waals surface area contributed by atoms with E-state index in [1.807, 2.05) is 59.4 Å². The highest BCUT2D eigenvalue weighted by Crippen LogP contribution is 2.32. The van der Waals surface area contributed by atoms with E-state index in [0.717, 1.165) is 29.7 Å². The van der Waals surface area contributed by atoms with Crippen molar-refractivity contribution in [3.05, 3.63) is 72.2 Å². The Hall–Kier alpha value is -3.52. The second kappa shape index (κ2) is 9.38. The van der Waals surface area contributed by atoms with Crippen molar-refractivity contribution < 1.29 is 14.3 Å². The van der Waals surface area contributed by atoms with Gasteiger partial charge in [-0.3, -0.25) is 19.3 Å². The zero-order valence-corrected chi connectivity index (χ0v) is 19.4. The number of carbonyl (C=O) groups is 2. The molecule has 0 aliphatic carbocycles. The number of aryl methyl sites for hydroxylation is 1. The fraction of sp³-hybridized carbons (Fsp3) is 0.385. The lowest BCUT2D eigenvalue weighted by Gasteiger charge is -2.42. The monoisotopic (exact) mass is 459 g/mol. The van der Waals surface area contributed by atoms with Crippen molar-refractivity contribution >= 4 is 11.8 Å². The van der Waals surface area contributed by atoms with E-state index in [1.165, 1.54) is 0 Å². The molecule has 5 rings (SSSR count). The summed E-state index contributed by atoms with van der Waals surface area (Å²) in [6, 6.07) is 13.6. The normalized spacial score (nSPS) is 21.0. The molecule has 176 valence electrons. The Bertz CT molecular complexity index is 1180. The highest BCUT2D eigenvalue weighted by Gasteiger charge is 2.41. The molecule has 4 heterocycles. The van der Waals surface area contributed by atoms with E-state index < -0.39 is 5.60 Å². The van der Waals surface area contributed by atoms with Crippen LogP contribution in [-0.2, 0) is 23.1 Å². The Balaban J connectivity index is 1.27. The molecule has 0 unspecified atom stereocenters. The first-order valence-electron chi connectivity index (χ1n) is 11.7. The summed E-state index contributed by atoms with van der Waals surface area (Å²) in [5.41, 5.74) is 2.94. The van der Waals surface area contributed by atoms with Crippen molar-refractivity contribution in [2.24, 2.45) is 7.05 Å². The van der Waals surface area contributed by atoms with E-state index in [1.54, 1.807) is 23.1 Å². The Labute approximate surface area is 199 Å². The number of hydrogen-bond acceptors (Lipinski definition) is 5. The van der Waals surface area contributed by atoms with Crippen LogP contribution in [0.15, 0.2) is 61.1 Å². The number of pyridine rings is 1. The molecule has 2 saturated heterocycles. The molecule has 3 aromatic rings. The first kappa shape index (κ1) is 22.3. The lowest BCUT2D eigenvalue weighted by molar-refractivity contribution is -0.166. The molecule has 1 atom stereocenters. The SMILES string of the molecule is Cn1cc(-c2cc(C(=O)N3CCC[C@]4(CC3)CN(Cc3ccccc3)C(=O)CO4)ccn2)cn1. The standard InChI is InChI=1S/C26H29N5O3/c1-29-17-22(15-28-29)23-14-21(8-11-27-23)25(33)30-12-5-9-26(10-13-30)19-31(24(32)18-34-26)16-20-6-3-2-4-7-20/h2-4,6-8,11,14-15,17H,5,9-10,12-13,16,18-19H2,1H3/t26-/m0/s1. The van der Waals surface area contributed by atoms with E-state index in [4.69, 9.17) is 4.74 Å². The number of aromatic nitrogens is 3. The van der Waals surface area contributed by atoms with Crippen molar-refractivity contribution in [1.82, 2.24) is 24.6 Å². The molecule has 2 aliphatic rings. The lowest BCUT2D eigenvalue weighted by Crippen LogP contribution is -2.54. The molecule has 2 aliphatic heterocycles. The number of carbonyl (C=O) groups excluding carboxylic acids is 2. The van der Waals surface area contributed by atoms with Crippen LogP contribution >= 0.6 is 0 Å². The third kappa shape index (κ3) is 4.72. The van der Waals surface area contributed by atoms with Crippen LogP contribution in [0.25, 0.3) is 11.3 Å². The third-order valence-corrected chi connectivity index (χ3v) is 6.74. The van der Waals surface area contributed by atoms with E-state index in [-0.39, 0.29) is 18.4 Å². The average Bonchev–Trinajstić information content (AvgIpc) is 3.19. The molecule has 1 spiro atoms. The van der Waals surface area contributed by atoms with Crippen molar-refractivity contribution in [1.29, 1.82) is 0 Å². The molecule has 0 N–H and O–H groups in total. The second-order valence-electron chi connectivity index (χ2n) is 9.19. The quantitative estimate of drug-likeness (QED) is 0.599. The van der Waals surface area contributed by atoms with Gasteiger partial charge in [-0.1, -0.05) is 30.3 Å². The van der Waals surface area contributed by atoms with Crippen LogP contribution in [0.1, 0.15) is 35.2 Å². The van der Waals surface area contributed by atoms with Gasteiger partial charge in [0.15, 0.2) is 0 Å². The van der Waals surface area contributed by atoms with E-state index in [0.29, 0.717) is 38.2 Å². The number of hydrogen-bond donors (Lipinski definition) is 0. The Kier molecular flexibility index (Phi) is 6.15. The number of nitrogens with zero attached hydrogens (tertiary/aromatic N) is 5. The maximum Gasteiger partial charge on any atom is 0.253 e. The van der Waals surface area contributed by atoms with E-state index in [2.05, 4.69) is 10.1 Å². The molecule has 2 aromatic heterocycles. The van der Waals surface area contributed by atoms with Gasteiger partial charge in [-0.2, -0.15) is 5.10 Å². The molecular formula is C26H29N5O3. The molecule has 2 amide bonds.